The first kappa shape index (κ1) is 12.3. The molecule has 1 heterocycles. The van der Waals surface area contributed by atoms with E-state index in [0.717, 1.165) is 11.1 Å². The number of rotatable bonds is 2. The van der Waals surface area contributed by atoms with Crippen LogP contribution in [0.4, 0.5) is 0 Å². The van der Waals surface area contributed by atoms with E-state index in [1.807, 2.05) is 24.3 Å². The molecule has 2 atom stereocenters. The van der Waals surface area contributed by atoms with Gasteiger partial charge in [-0.15, -0.1) is 0 Å². The van der Waals surface area contributed by atoms with Crippen LogP contribution in [-0.4, -0.2) is 22.1 Å². The van der Waals surface area contributed by atoms with Crippen LogP contribution in [0.1, 0.15) is 27.7 Å². The van der Waals surface area contributed by atoms with Gasteiger partial charge in [0.25, 0.3) is 5.91 Å². The van der Waals surface area contributed by atoms with Crippen LogP contribution in [0.2, 0.25) is 5.02 Å². The number of hydrogen-bond donors (Lipinski definition) is 3. The fourth-order valence-electron chi connectivity index (χ4n) is 2.47. The van der Waals surface area contributed by atoms with Crippen LogP contribution in [0, 0.1) is 0 Å². The molecule has 1 amide bonds. The average molecular weight is 277 g/mol. The van der Waals surface area contributed by atoms with Gasteiger partial charge in [0.1, 0.15) is 5.69 Å². The van der Waals surface area contributed by atoms with E-state index in [-0.39, 0.29) is 11.9 Å². The summed E-state index contributed by atoms with van der Waals surface area (Å²) in [7, 11) is 0. The van der Waals surface area contributed by atoms with E-state index in [2.05, 4.69) is 10.3 Å². The molecule has 1 aromatic heterocycles. The Morgan fingerprint density at radius 3 is 2.95 bits per heavy atom. The molecule has 0 fully saturated rings. The number of H-pyrrole nitrogens is 1. The highest BCUT2D eigenvalue weighted by Crippen LogP contribution is 2.31. The molecular weight excluding hydrogens is 264 g/mol. The third-order valence-electron chi connectivity index (χ3n) is 3.38. The maximum atomic E-state index is 12.1. The second-order valence-corrected chi connectivity index (χ2v) is 5.09. The number of carbonyl (C=O) groups is 1. The number of nitrogens with one attached hydrogen (secondary N) is 2. The normalized spacial score (nSPS) is 21.2. The molecule has 19 heavy (non-hydrogen) atoms. The summed E-state index contributed by atoms with van der Waals surface area (Å²) in [6.07, 6.45) is 1.52. The third kappa shape index (κ3) is 2.25. The number of carbonyl (C=O) groups excluding carboxylic acids is 1. The Morgan fingerprint density at radius 2 is 2.21 bits per heavy atom. The predicted molar refractivity (Wildman–Crippen MR) is 72.2 cm³/mol. The second kappa shape index (κ2) is 4.72. The maximum Gasteiger partial charge on any atom is 0.268 e. The van der Waals surface area contributed by atoms with Crippen molar-refractivity contribution < 1.29 is 9.90 Å². The van der Waals surface area contributed by atoms with E-state index in [1.165, 1.54) is 0 Å². The summed E-state index contributed by atoms with van der Waals surface area (Å²) < 4.78 is 0. The highest BCUT2D eigenvalue weighted by atomic mass is 35.5. The SMILES string of the molecule is O=C(N[C@H]1c2ccccc2C[C@H]1O)c1cc(Cl)c[nH]1. The lowest BCUT2D eigenvalue weighted by molar-refractivity contribution is 0.0854. The number of aromatic nitrogens is 1. The second-order valence-electron chi connectivity index (χ2n) is 4.65. The topological polar surface area (TPSA) is 65.1 Å². The van der Waals surface area contributed by atoms with Gasteiger partial charge >= 0.3 is 0 Å². The Kier molecular flexibility index (Phi) is 3.05. The molecule has 1 aromatic carbocycles. The summed E-state index contributed by atoms with van der Waals surface area (Å²) in [6.45, 7) is 0. The van der Waals surface area contributed by atoms with E-state index >= 15 is 0 Å². The molecule has 0 aliphatic heterocycles. The van der Waals surface area contributed by atoms with Crippen molar-refractivity contribution in [3.63, 3.8) is 0 Å². The minimum absolute atomic E-state index is 0.271. The first-order valence-corrected chi connectivity index (χ1v) is 6.43. The van der Waals surface area contributed by atoms with E-state index in [1.54, 1.807) is 12.3 Å². The Hall–Kier alpha value is -1.78. The summed E-state index contributed by atoms with van der Waals surface area (Å²) in [4.78, 5) is 14.8. The molecule has 0 unspecified atom stereocenters. The molecule has 98 valence electrons. The van der Waals surface area contributed by atoms with Crippen LogP contribution in [0.25, 0.3) is 0 Å². The fraction of sp³-hybridized carbons (Fsp3) is 0.214. The van der Waals surface area contributed by atoms with Gasteiger partial charge < -0.3 is 15.4 Å². The standard InChI is InChI=1S/C14H13ClN2O2/c15-9-6-11(16-7-9)14(19)17-13-10-4-2-1-3-8(10)5-12(13)18/h1-4,6-7,12-13,16,18H,5H2,(H,17,19)/t12-,13+/m1/s1. The Bertz CT molecular complexity index is 623. The van der Waals surface area contributed by atoms with Crippen molar-refractivity contribution in [2.75, 3.05) is 0 Å². The Morgan fingerprint density at radius 1 is 1.42 bits per heavy atom. The Labute approximate surface area is 115 Å². The number of benzene rings is 1. The average Bonchev–Trinajstić information content (AvgIpc) is 2.95. The lowest BCUT2D eigenvalue weighted by atomic mass is 10.1. The number of amides is 1. The van der Waals surface area contributed by atoms with Crippen LogP contribution in [-0.2, 0) is 6.42 Å². The molecule has 1 aliphatic carbocycles. The molecule has 3 rings (SSSR count). The van der Waals surface area contributed by atoms with Crippen LogP contribution in [0.15, 0.2) is 36.5 Å². The van der Waals surface area contributed by atoms with Crippen LogP contribution in [0.5, 0.6) is 0 Å². The monoisotopic (exact) mass is 276 g/mol. The summed E-state index contributed by atoms with van der Waals surface area (Å²) >= 11 is 5.77. The van der Waals surface area contributed by atoms with Gasteiger partial charge in [-0.1, -0.05) is 35.9 Å². The van der Waals surface area contributed by atoms with Gasteiger partial charge in [-0.2, -0.15) is 0 Å². The molecule has 4 nitrogen and oxygen atoms in total. The molecule has 0 spiro atoms. The summed E-state index contributed by atoms with van der Waals surface area (Å²) in [5, 5.41) is 13.4. The molecule has 2 aromatic rings. The van der Waals surface area contributed by atoms with Crippen molar-refractivity contribution in [2.45, 2.75) is 18.6 Å². The summed E-state index contributed by atoms with van der Waals surface area (Å²) in [5.74, 6) is -0.271. The van der Waals surface area contributed by atoms with Crippen molar-refractivity contribution in [3.05, 3.63) is 58.4 Å². The van der Waals surface area contributed by atoms with Gasteiger partial charge in [0.2, 0.25) is 0 Å². The number of hydrogen-bond acceptors (Lipinski definition) is 2. The van der Waals surface area contributed by atoms with Gasteiger partial charge in [-0.25, -0.2) is 0 Å². The van der Waals surface area contributed by atoms with E-state index in [0.29, 0.717) is 17.1 Å². The molecule has 0 radical (unpaired) electrons. The highest BCUT2D eigenvalue weighted by Gasteiger charge is 2.32. The van der Waals surface area contributed by atoms with Crippen molar-refractivity contribution >= 4 is 17.5 Å². The minimum atomic E-state index is -0.591. The quantitative estimate of drug-likeness (QED) is 0.786. The van der Waals surface area contributed by atoms with Gasteiger partial charge in [-0.05, 0) is 17.2 Å². The third-order valence-corrected chi connectivity index (χ3v) is 3.60. The van der Waals surface area contributed by atoms with Crippen molar-refractivity contribution in [1.29, 1.82) is 0 Å². The largest absolute Gasteiger partial charge is 0.390 e. The minimum Gasteiger partial charge on any atom is -0.390 e. The zero-order valence-corrected chi connectivity index (χ0v) is 10.8. The first-order valence-electron chi connectivity index (χ1n) is 6.06. The molecular formula is C14H13ClN2O2. The molecule has 0 saturated heterocycles. The summed E-state index contributed by atoms with van der Waals surface area (Å²) in [5.41, 5.74) is 2.44. The predicted octanol–water partition coefficient (Wildman–Crippen LogP) is 2.06. The number of aliphatic hydroxyl groups is 1. The fourth-order valence-corrected chi connectivity index (χ4v) is 2.63. The van der Waals surface area contributed by atoms with Crippen LogP contribution < -0.4 is 5.32 Å². The molecule has 0 bridgehead atoms. The van der Waals surface area contributed by atoms with E-state index < -0.39 is 6.10 Å². The lowest BCUT2D eigenvalue weighted by Gasteiger charge is -2.17. The molecule has 1 aliphatic rings. The van der Waals surface area contributed by atoms with E-state index in [4.69, 9.17) is 11.6 Å². The molecule has 5 heteroatoms. The van der Waals surface area contributed by atoms with Crippen molar-refractivity contribution in [2.24, 2.45) is 0 Å². The Balaban J connectivity index is 1.82. The van der Waals surface area contributed by atoms with Crippen molar-refractivity contribution in [3.8, 4) is 0 Å². The lowest BCUT2D eigenvalue weighted by Crippen LogP contribution is -2.34. The van der Waals surface area contributed by atoms with Crippen molar-refractivity contribution in [1.82, 2.24) is 10.3 Å². The van der Waals surface area contributed by atoms with Crippen LogP contribution in [0.3, 0.4) is 0 Å². The number of fused-ring (bicyclic) bond motifs is 1. The van der Waals surface area contributed by atoms with Crippen LogP contribution >= 0.6 is 11.6 Å². The van der Waals surface area contributed by atoms with Gasteiger partial charge in [0.05, 0.1) is 17.2 Å². The first-order chi connectivity index (χ1) is 9.15. The number of halogens is 1. The summed E-state index contributed by atoms with van der Waals surface area (Å²) in [6, 6.07) is 8.92. The van der Waals surface area contributed by atoms with E-state index in [9.17, 15) is 9.90 Å². The molecule has 0 saturated carbocycles. The number of aliphatic hydroxyl groups excluding tert-OH is 1. The van der Waals surface area contributed by atoms with Gasteiger partial charge in [-0.3, -0.25) is 4.79 Å². The van der Waals surface area contributed by atoms with Gasteiger partial charge in [0.15, 0.2) is 0 Å². The smallest absolute Gasteiger partial charge is 0.268 e. The molecule has 3 N–H and O–H groups in total. The number of aromatic amines is 1. The van der Waals surface area contributed by atoms with Gasteiger partial charge in [0, 0.05) is 12.6 Å². The highest BCUT2D eigenvalue weighted by molar-refractivity contribution is 6.30. The zero-order valence-electron chi connectivity index (χ0n) is 10.1. The maximum absolute atomic E-state index is 12.1. The zero-order chi connectivity index (χ0) is 13.4.